The molecule has 188 valence electrons. The molecule has 1 aliphatic heterocycles. The first kappa shape index (κ1) is 24.9. The molecule has 0 unspecified atom stereocenters. The number of aryl methyl sites for hydroxylation is 1. The SMILES string of the molecule is COc1ccc(CN(C(=O)CCc2ccc3c(c2)OCCO3)[C@H](C)C(=O)NC2CCCCC2)cc1. The van der Waals surface area contributed by atoms with Gasteiger partial charge in [-0.2, -0.15) is 0 Å². The monoisotopic (exact) mass is 480 g/mol. The van der Waals surface area contributed by atoms with E-state index in [1.807, 2.05) is 49.4 Å². The van der Waals surface area contributed by atoms with Gasteiger partial charge >= 0.3 is 0 Å². The van der Waals surface area contributed by atoms with Crippen LogP contribution < -0.4 is 19.5 Å². The van der Waals surface area contributed by atoms with Gasteiger partial charge in [0.2, 0.25) is 11.8 Å². The Labute approximate surface area is 207 Å². The predicted octanol–water partition coefficient (Wildman–Crippen LogP) is 4.27. The zero-order valence-electron chi connectivity index (χ0n) is 20.8. The molecular weight excluding hydrogens is 444 g/mol. The van der Waals surface area contributed by atoms with E-state index in [4.69, 9.17) is 14.2 Å². The van der Waals surface area contributed by atoms with E-state index in [-0.39, 0.29) is 17.9 Å². The average molecular weight is 481 g/mol. The van der Waals surface area contributed by atoms with Crippen molar-refractivity contribution in [2.75, 3.05) is 20.3 Å². The normalized spacial score (nSPS) is 16.3. The lowest BCUT2D eigenvalue weighted by Gasteiger charge is -2.31. The molecule has 2 aromatic carbocycles. The number of hydrogen-bond donors (Lipinski definition) is 1. The Hall–Kier alpha value is -3.22. The number of fused-ring (bicyclic) bond motifs is 1. The highest BCUT2D eigenvalue weighted by Crippen LogP contribution is 2.31. The molecule has 7 nitrogen and oxygen atoms in total. The average Bonchev–Trinajstić information content (AvgIpc) is 2.90. The van der Waals surface area contributed by atoms with E-state index in [0.29, 0.717) is 32.6 Å². The first-order chi connectivity index (χ1) is 17.0. The molecule has 7 heteroatoms. The van der Waals surface area contributed by atoms with Gasteiger partial charge in [-0.1, -0.05) is 37.5 Å². The quantitative estimate of drug-likeness (QED) is 0.580. The molecule has 1 saturated carbocycles. The first-order valence-corrected chi connectivity index (χ1v) is 12.6. The summed E-state index contributed by atoms with van der Waals surface area (Å²) in [4.78, 5) is 28.3. The molecule has 0 saturated heterocycles. The Morgan fingerprint density at radius 2 is 1.69 bits per heavy atom. The molecule has 1 atom stereocenters. The number of carbonyl (C=O) groups excluding carboxylic acids is 2. The van der Waals surface area contributed by atoms with Gasteiger partial charge < -0.3 is 24.4 Å². The highest BCUT2D eigenvalue weighted by molar-refractivity contribution is 5.87. The Morgan fingerprint density at radius 3 is 2.40 bits per heavy atom. The van der Waals surface area contributed by atoms with Gasteiger partial charge in [0.1, 0.15) is 25.0 Å². The summed E-state index contributed by atoms with van der Waals surface area (Å²) in [6, 6.07) is 13.1. The molecule has 4 rings (SSSR count). The maximum Gasteiger partial charge on any atom is 0.242 e. The van der Waals surface area contributed by atoms with Gasteiger partial charge in [-0.05, 0) is 61.6 Å². The molecule has 0 spiro atoms. The molecule has 2 aromatic rings. The smallest absolute Gasteiger partial charge is 0.242 e. The van der Waals surface area contributed by atoms with Crippen molar-refractivity contribution in [1.29, 1.82) is 0 Å². The van der Waals surface area contributed by atoms with Crippen LogP contribution in [0.2, 0.25) is 0 Å². The summed E-state index contributed by atoms with van der Waals surface area (Å²) in [5, 5.41) is 3.18. The third-order valence-electron chi connectivity index (χ3n) is 6.86. The van der Waals surface area contributed by atoms with Crippen LogP contribution in [-0.2, 0) is 22.6 Å². The van der Waals surface area contributed by atoms with Crippen molar-refractivity contribution in [2.45, 2.75) is 70.5 Å². The summed E-state index contributed by atoms with van der Waals surface area (Å²) in [5.74, 6) is 2.07. The van der Waals surface area contributed by atoms with E-state index >= 15 is 0 Å². The number of ether oxygens (including phenoxy) is 3. The van der Waals surface area contributed by atoms with E-state index in [1.165, 1.54) is 6.42 Å². The molecular formula is C28H36N2O5. The largest absolute Gasteiger partial charge is 0.497 e. The molecule has 1 heterocycles. The molecule has 35 heavy (non-hydrogen) atoms. The minimum atomic E-state index is -0.563. The Bertz CT molecular complexity index is 1000. The van der Waals surface area contributed by atoms with Crippen molar-refractivity contribution in [3.05, 3.63) is 53.6 Å². The summed E-state index contributed by atoms with van der Waals surface area (Å²) in [7, 11) is 1.63. The van der Waals surface area contributed by atoms with Crippen molar-refractivity contribution in [3.63, 3.8) is 0 Å². The molecule has 0 radical (unpaired) electrons. The van der Waals surface area contributed by atoms with Crippen LogP contribution in [0.5, 0.6) is 17.2 Å². The van der Waals surface area contributed by atoms with Gasteiger partial charge in [0.15, 0.2) is 11.5 Å². The van der Waals surface area contributed by atoms with Gasteiger partial charge in [-0.15, -0.1) is 0 Å². The zero-order valence-corrected chi connectivity index (χ0v) is 20.8. The fourth-order valence-electron chi connectivity index (χ4n) is 4.72. The summed E-state index contributed by atoms with van der Waals surface area (Å²) in [5.41, 5.74) is 1.96. The molecule has 2 aliphatic rings. The van der Waals surface area contributed by atoms with Crippen LogP contribution >= 0.6 is 0 Å². The van der Waals surface area contributed by atoms with E-state index in [2.05, 4.69) is 5.32 Å². The summed E-state index contributed by atoms with van der Waals surface area (Å²) in [6.45, 7) is 3.26. The van der Waals surface area contributed by atoms with Crippen molar-refractivity contribution in [1.82, 2.24) is 10.2 Å². The summed E-state index contributed by atoms with van der Waals surface area (Å²) >= 11 is 0. The van der Waals surface area contributed by atoms with Crippen molar-refractivity contribution >= 4 is 11.8 Å². The summed E-state index contributed by atoms with van der Waals surface area (Å²) in [6.07, 6.45) is 6.39. The maximum absolute atomic E-state index is 13.4. The Morgan fingerprint density at radius 1 is 1.00 bits per heavy atom. The van der Waals surface area contributed by atoms with E-state index < -0.39 is 6.04 Å². The fourth-order valence-corrected chi connectivity index (χ4v) is 4.72. The van der Waals surface area contributed by atoms with Crippen molar-refractivity contribution < 1.29 is 23.8 Å². The number of rotatable bonds is 9. The second kappa shape index (κ2) is 12.0. The number of methoxy groups -OCH3 is 1. The van der Waals surface area contributed by atoms with Crippen LogP contribution in [0.3, 0.4) is 0 Å². The number of amides is 2. The fraction of sp³-hybridized carbons (Fsp3) is 0.500. The highest BCUT2D eigenvalue weighted by Gasteiger charge is 2.28. The zero-order chi connectivity index (χ0) is 24.6. The number of nitrogens with one attached hydrogen (secondary N) is 1. The molecule has 2 amide bonds. The molecule has 1 N–H and O–H groups in total. The number of carbonyl (C=O) groups is 2. The minimum Gasteiger partial charge on any atom is -0.497 e. The van der Waals surface area contributed by atoms with Crippen LogP contribution in [0.1, 0.15) is 56.6 Å². The third-order valence-corrected chi connectivity index (χ3v) is 6.86. The van der Waals surface area contributed by atoms with Gasteiger partial charge in [-0.25, -0.2) is 0 Å². The standard InChI is InChI=1S/C28H36N2O5/c1-20(28(32)29-23-6-4-3-5-7-23)30(19-22-8-12-24(33-2)13-9-22)27(31)15-11-21-10-14-25-26(18-21)35-17-16-34-25/h8-10,12-14,18,20,23H,3-7,11,15-17,19H2,1-2H3,(H,29,32)/t20-/m1/s1. The lowest BCUT2D eigenvalue weighted by Crippen LogP contribution is -2.50. The second-order valence-electron chi connectivity index (χ2n) is 9.37. The second-order valence-corrected chi connectivity index (χ2v) is 9.37. The molecule has 1 fully saturated rings. The topological polar surface area (TPSA) is 77.1 Å². The first-order valence-electron chi connectivity index (χ1n) is 12.6. The molecule has 1 aliphatic carbocycles. The van der Waals surface area contributed by atoms with Crippen LogP contribution in [0.4, 0.5) is 0 Å². The molecule has 0 aromatic heterocycles. The number of nitrogens with zero attached hydrogens (tertiary/aromatic N) is 1. The Kier molecular flexibility index (Phi) is 8.50. The van der Waals surface area contributed by atoms with E-state index in [9.17, 15) is 9.59 Å². The van der Waals surface area contributed by atoms with Gasteiger partial charge in [0.25, 0.3) is 0 Å². The molecule has 0 bridgehead atoms. The van der Waals surface area contributed by atoms with Crippen molar-refractivity contribution in [2.24, 2.45) is 0 Å². The third kappa shape index (κ3) is 6.68. The predicted molar refractivity (Wildman–Crippen MR) is 134 cm³/mol. The van der Waals surface area contributed by atoms with Crippen LogP contribution in [0.25, 0.3) is 0 Å². The van der Waals surface area contributed by atoms with E-state index in [0.717, 1.165) is 54.1 Å². The van der Waals surface area contributed by atoms with Crippen molar-refractivity contribution in [3.8, 4) is 17.2 Å². The minimum absolute atomic E-state index is 0.0537. The van der Waals surface area contributed by atoms with Crippen LogP contribution in [0, 0.1) is 0 Å². The lowest BCUT2D eigenvalue weighted by molar-refractivity contribution is -0.141. The summed E-state index contributed by atoms with van der Waals surface area (Å²) < 4.78 is 16.5. The number of hydrogen-bond acceptors (Lipinski definition) is 5. The lowest BCUT2D eigenvalue weighted by atomic mass is 9.95. The van der Waals surface area contributed by atoms with Gasteiger partial charge in [0.05, 0.1) is 7.11 Å². The van der Waals surface area contributed by atoms with E-state index in [1.54, 1.807) is 12.0 Å². The van der Waals surface area contributed by atoms with Crippen LogP contribution in [0.15, 0.2) is 42.5 Å². The Balaban J connectivity index is 1.44. The van der Waals surface area contributed by atoms with Gasteiger partial charge in [0, 0.05) is 19.0 Å². The highest BCUT2D eigenvalue weighted by atomic mass is 16.6. The maximum atomic E-state index is 13.4. The van der Waals surface area contributed by atoms with Crippen LogP contribution in [-0.4, -0.2) is 49.1 Å². The van der Waals surface area contributed by atoms with Gasteiger partial charge in [-0.3, -0.25) is 9.59 Å². The number of benzene rings is 2.